The Morgan fingerprint density at radius 1 is 1.42 bits per heavy atom. The van der Waals surface area contributed by atoms with E-state index in [0.717, 1.165) is 32.4 Å². The van der Waals surface area contributed by atoms with E-state index in [2.05, 4.69) is 12.1 Å². The number of benzene rings is 1. The Hall–Kier alpha value is -1.35. The third kappa shape index (κ3) is 4.06. The summed E-state index contributed by atoms with van der Waals surface area (Å²) in [6.07, 6.45) is 3.10. The van der Waals surface area contributed by atoms with E-state index < -0.39 is 0 Å². The molecule has 0 aliphatic carbocycles. The highest BCUT2D eigenvalue weighted by Gasteiger charge is 2.28. The number of hydrogen-bond acceptors (Lipinski definition) is 2. The molecule has 1 amide bonds. The van der Waals surface area contributed by atoms with Crippen molar-refractivity contribution in [3.05, 3.63) is 35.9 Å². The summed E-state index contributed by atoms with van der Waals surface area (Å²) in [4.78, 5) is 14.0. The molecule has 2 rings (SSSR count). The molecule has 1 heterocycles. The fourth-order valence-corrected chi connectivity index (χ4v) is 2.65. The van der Waals surface area contributed by atoms with Gasteiger partial charge in [0, 0.05) is 25.4 Å². The van der Waals surface area contributed by atoms with Crippen LogP contribution in [0.1, 0.15) is 31.7 Å². The number of carbonyl (C=O) groups excluding carboxylic acids is 1. The smallest absolute Gasteiger partial charge is 0.222 e. The minimum Gasteiger partial charge on any atom is -0.393 e. The SMILES string of the molecule is CC(O)C1CCN(C(=O)CCCc2ccccc2)C1. The Labute approximate surface area is 115 Å². The molecule has 1 aromatic rings. The van der Waals surface area contributed by atoms with Gasteiger partial charge in [0.25, 0.3) is 0 Å². The van der Waals surface area contributed by atoms with Gasteiger partial charge in [0.15, 0.2) is 0 Å². The first kappa shape index (κ1) is 14.1. The summed E-state index contributed by atoms with van der Waals surface area (Å²) < 4.78 is 0. The van der Waals surface area contributed by atoms with E-state index in [4.69, 9.17) is 0 Å². The number of carbonyl (C=O) groups is 1. The van der Waals surface area contributed by atoms with E-state index in [1.807, 2.05) is 30.0 Å². The summed E-state index contributed by atoms with van der Waals surface area (Å²) in [7, 11) is 0. The number of aryl methyl sites for hydroxylation is 1. The Kier molecular flexibility index (Phi) is 4.97. The second kappa shape index (κ2) is 6.71. The second-order valence-corrected chi connectivity index (χ2v) is 5.47. The lowest BCUT2D eigenvalue weighted by Crippen LogP contribution is -2.30. The summed E-state index contributed by atoms with van der Waals surface area (Å²) in [6.45, 7) is 3.34. The zero-order valence-electron chi connectivity index (χ0n) is 11.6. The van der Waals surface area contributed by atoms with Crippen molar-refractivity contribution in [1.29, 1.82) is 0 Å². The number of rotatable bonds is 5. The van der Waals surface area contributed by atoms with Crippen molar-refractivity contribution in [2.24, 2.45) is 5.92 Å². The molecule has 1 saturated heterocycles. The van der Waals surface area contributed by atoms with Gasteiger partial charge >= 0.3 is 0 Å². The Morgan fingerprint density at radius 2 is 2.16 bits per heavy atom. The molecule has 0 bridgehead atoms. The molecule has 3 nitrogen and oxygen atoms in total. The van der Waals surface area contributed by atoms with Crippen LogP contribution in [0, 0.1) is 5.92 Å². The molecule has 0 saturated carbocycles. The van der Waals surface area contributed by atoms with Gasteiger partial charge in [0.1, 0.15) is 0 Å². The topological polar surface area (TPSA) is 40.5 Å². The van der Waals surface area contributed by atoms with Crippen molar-refractivity contribution < 1.29 is 9.90 Å². The number of hydrogen-bond donors (Lipinski definition) is 1. The highest BCUT2D eigenvalue weighted by atomic mass is 16.3. The maximum Gasteiger partial charge on any atom is 0.222 e. The van der Waals surface area contributed by atoms with Gasteiger partial charge in [-0.15, -0.1) is 0 Å². The van der Waals surface area contributed by atoms with E-state index in [1.54, 1.807) is 0 Å². The summed E-state index contributed by atoms with van der Waals surface area (Å²) in [5.74, 6) is 0.497. The predicted molar refractivity (Wildman–Crippen MR) is 75.7 cm³/mol. The molecule has 2 unspecified atom stereocenters. The van der Waals surface area contributed by atoms with Crippen molar-refractivity contribution in [2.45, 2.75) is 38.7 Å². The monoisotopic (exact) mass is 261 g/mol. The van der Waals surface area contributed by atoms with E-state index in [-0.39, 0.29) is 17.9 Å². The first-order chi connectivity index (χ1) is 9.16. The number of aliphatic hydroxyl groups is 1. The van der Waals surface area contributed by atoms with Crippen LogP contribution in [0.25, 0.3) is 0 Å². The summed E-state index contributed by atoms with van der Waals surface area (Å²) in [5.41, 5.74) is 1.29. The molecule has 1 fully saturated rings. The predicted octanol–water partition coefficient (Wildman–Crippen LogP) is 2.24. The van der Waals surface area contributed by atoms with Gasteiger partial charge in [0.2, 0.25) is 5.91 Å². The number of aliphatic hydroxyl groups excluding tert-OH is 1. The molecule has 0 radical (unpaired) electrons. The van der Waals surface area contributed by atoms with Crippen LogP contribution in [0.2, 0.25) is 0 Å². The third-order valence-corrected chi connectivity index (χ3v) is 3.96. The van der Waals surface area contributed by atoms with Crippen molar-refractivity contribution >= 4 is 5.91 Å². The van der Waals surface area contributed by atoms with Crippen LogP contribution in [0.3, 0.4) is 0 Å². The Bertz CT molecular complexity index is 402. The van der Waals surface area contributed by atoms with E-state index in [0.29, 0.717) is 6.42 Å². The van der Waals surface area contributed by atoms with Gasteiger partial charge in [0.05, 0.1) is 6.10 Å². The number of likely N-dealkylation sites (tertiary alicyclic amines) is 1. The molecule has 3 heteroatoms. The van der Waals surface area contributed by atoms with E-state index in [1.165, 1.54) is 5.56 Å². The van der Waals surface area contributed by atoms with Crippen molar-refractivity contribution in [2.75, 3.05) is 13.1 Å². The quantitative estimate of drug-likeness (QED) is 0.883. The van der Waals surface area contributed by atoms with Crippen molar-refractivity contribution in [1.82, 2.24) is 4.90 Å². The Balaban J connectivity index is 1.71. The first-order valence-electron chi connectivity index (χ1n) is 7.16. The number of nitrogens with zero attached hydrogens (tertiary/aromatic N) is 1. The number of amides is 1. The van der Waals surface area contributed by atoms with E-state index in [9.17, 15) is 9.90 Å². The zero-order valence-corrected chi connectivity index (χ0v) is 11.6. The zero-order chi connectivity index (χ0) is 13.7. The fraction of sp³-hybridized carbons (Fsp3) is 0.562. The highest BCUT2D eigenvalue weighted by molar-refractivity contribution is 5.76. The van der Waals surface area contributed by atoms with Crippen LogP contribution in [-0.4, -0.2) is 35.1 Å². The largest absolute Gasteiger partial charge is 0.393 e. The van der Waals surface area contributed by atoms with Gasteiger partial charge in [-0.05, 0) is 31.7 Å². The highest BCUT2D eigenvalue weighted by Crippen LogP contribution is 2.20. The molecule has 0 spiro atoms. The molecule has 1 aliphatic rings. The summed E-state index contributed by atoms with van der Waals surface area (Å²) in [6, 6.07) is 10.3. The molecule has 2 atom stereocenters. The standard InChI is InChI=1S/C16H23NO2/c1-13(18)15-10-11-17(12-15)16(19)9-5-8-14-6-3-2-4-7-14/h2-4,6-7,13,15,18H,5,8-12H2,1H3. The third-order valence-electron chi connectivity index (χ3n) is 3.96. The molecule has 1 N–H and O–H groups in total. The average molecular weight is 261 g/mol. The lowest BCUT2D eigenvalue weighted by molar-refractivity contribution is -0.130. The Morgan fingerprint density at radius 3 is 2.79 bits per heavy atom. The molecule has 19 heavy (non-hydrogen) atoms. The van der Waals surface area contributed by atoms with Gasteiger partial charge in [-0.3, -0.25) is 4.79 Å². The van der Waals surface area contributed by atoms with Crippen LogP contribution in [0.5, 0.6) is 0 Å². The van der Waals surface area contributed by atoms with Crippen LogP contribution in [0.4, 0.5) is 0 Å². The minimum atomic E-state index is -0.304. The first-order valence-corrected chi connectivity index (χ1v) is 7.16. The normalized spacial score (nSPS) is 20.5. The molecular weight excluding hydrogens is 238 g/mol. The van der Waals surface area contributed by atoms with Crippen LogP contribution in [-0.2, 0) is 11.2 Å². The molecular formula is C16H23NO2. The molecule has 1 aromatic carbocycles. The summed E-state index contributed by atoms with van der Waals surface area (Å²) in [5, 5.41) is 9.54. The van der Waals surface area contributed by atoms with Crippen LogP contribution >= 0.6 is 0 Å². The van der Waals surface area contributed by atoms with E-state index >= 15 is 0 Å². The van der Waals surface area contributed by atoms with Crippen LogP contribution in [0.15, 0.2) is 30.3 Å². The average Bonchev–Trinajstić information content (AvgIpc) is 2.89. The van der Waals surface area contributed by atoms with Gasteiger partial charge in [-0.25, -0.2) is 0 Å². The maximum absolute atomic E-state index is 12.0. The lowest BCUT2D eigenvalue weighted by atomic mass is 10.0. The van der Waals surface area contributed by atoms with Crippen LogP contribution < -0.4 is 0 Å². The molecule has 1 aliphatic heterocycles. The lowest BCUT2D eigenvalue weighted by Gasteiger charge is -2.17. The molecule has 104 valence electrons. The van der Waals surface area contributed by atoms with Crippen molar-refractivity contribution in [3.63, 3.8) is 0 Å². The maximum atomic E-state index is 12.0. The second-order valence-electron chi connectivity index (χ2n) is 5.47. The molecule has 0 aromatic heterocycles. The fourth-order valence-electron chi connectivity index (χ4n) is 2.65. The minimum absolute atomic E-state index is 0.235. The van der Waals surface area contributed by atoms with Gasteiger partial charge in [-0.2, -0.15) is 0 Å². The summed E-state index contributed by atoms with van der Waals surface area (Å²) >= 11 is 0. The van der Waals surface area contributed by atoms with Gasteiger partial charge < -0.3 is 10.0 Å². The van der Waals surface area contributed by atoms with Gasteiger partial charge in [-0.1, -0.05) is 30.3 Å². The van der Waals surface area contributed by atoms with Crippen molar-refractivity contribution in [3.8, 4) is 0 Å².